The molecule has 4 aromatic rings. The Kier molecular flexibility index (Phi) is 6.16. The summed E-state index contributed by atoms with van der Waals surface area (Å²) in [6.45, 7) is 3.62. The Bertz CT molecular complexity index is 1590. The standard InChI is InChI=1S/C28H23FN2O5S/c1-14-12-21(36-4)15(2)11-19(14)25(32)23-24(16-5-8-18(35-3)9-6-16)31(27(34)26(23)33)28-30-20-10-7-17(29)13-22(20)37-28/h5-13,24,32H,1-4H3/b25-23+. The Morgan fingerprint density at radius 3 is 2.41 bits per heavy atom. The lowest BCUT2D eigenvalue weighted by atomic mass is 9.93. The smallest absolute Gasteiger partial charge is 0.301 e. The maximum absolute atomic E-state index is 13.8. The van der Waals surface area contributed by atoms with E-state index < -0.39 is 23.5 Å². The largest absolute Gasteiger partial charge is 0.507 e. The molecule has 0 bridgehead atoms. The van der Waals surface area contributed by atoms with Crippen LogP contribution < -0.4 is 14.4 Å². The summed E-state index contributed by atoms with van der Waals surface area (Å²) in [5, 5.41) is 11.7. The monoisotopic (exact) mass is 518 g/mol. The lowest BCUT2D eigenvalue weighted by Gasteiger charge is -2.23. The lowest BCUT2D eigenvalue weighted by molar-refractivity contribution is -0.132. The number of Topliss-reactive ketones (excluding diaryl/α,β-unsaturated/α-hetero) is 1. The Labute approximate surface area is 216 Å². The third kappa shape index (κ3) is 4.11. The number of carbonyl (C=O) groups is 2. The van der Waals surface area contributed by atoms with Crippen LogP contribution in [0, 0.1) is 19.7 Å². The SMILES string of the molecule is COc1ccc(C2/C(=C(\O)c3cc(C)c(OC)cc3C)C(=O)C(=O)N2c2nc3ccc(F)cc3s2)cc1. The van der Waals surface area contributed by atoms with Gasteiger partial charge in [-0.2, -0.15) is 0 Å². The number of thiazole rings is 1. The number of ketones is 1. The highest BCUT2D eigenvalue weighted by atomic mass is 32.1. The van der Waals surface area contributed by atoms with Crippen LogP contribution in [0.15, 0.2) is 60.2 Å². The van der Waals surface area contributed by atoms with Crippen molar-refractivity contribution in [3.05, 3.63) is 88.2 Å². The number of aliphatic hydroxyl groups excluding tert-OH is 1. The van der Waals surface area contributed by atoms with Crippen LogP contribution in [-0.2, 0) is 9.59 Å². The van der Waals surface area contributed by atoms with E-state index in [0.29, 0.717) is 38.4 Å². The van der Waals surface area contributed by atoms with Gasteiger partial charge in [0.05, 0.1) is 36.1 Å². The van der Waals surface area contributed by atoms with E-state index in [9.17, 15) is 19.1 Å². The van der Waals surface area contributed by atoms with Gasteiger partial charge in [0.2, 0.25) is 0 Å². The molecule has 1 aliphatic rings. The third-order valence-electron chi connectivity index (χ3n) is 6.42. The van der Waals surface area contributed by atoms with Gasteiger partial charge in [0, 0.05) is 5.56 Å². The maximum Gasteiger partial charge on any atom is 0.301 e. The van der Waals surface area contributed by atoms with Crippen LogP contribution in [0.4, 0.5) is 9.52 Å². The zero-order chi connectivity index (χ0) is 26.4. The average Bonchev–Trinajstić information content (AvgIpc) is 3.42. The molecular weight excluding hydrogens is 495 g/mol. The number of aromatic nitrogens is 1. The van der Waals surface area contributed by atoms with Gasteiger partial charge in [-0.3, -0.25) is 14.5 Å². The fraction of sp³-hybridized carbons (Fsp3) is 0.179. The minimum absolute atomic E-state index is 0.0618. The molecule has 1 fully saturated rings. The van der Waals surface area contributed by atoms with Crippen molar-refractivity contribution in [1.29, 1.82) is 0 Å². The number of aryl methyl sites for hydroxylation is 2. The summed E-state index contributed by atoms with van der Waals surface area (Å²) in [5.41, 5.74) is 2.87. The number of halogens is 1. The Hall–Kier alpha value is -4.24. The van der Waals surface area contributed by atoms with Gasteiger partial charge in [0.15, 0.2) is 5.13 Å². The predicted octanol–water partition coefficient (Wildman–Crippen LogP) is 5.70. The molecule has 1 aliphatic heterocycles. The van der Waals surface area contributed by atoms with Gasteiger partial charge < -0.3 is 14.6 Å². The minimum Gasteiger partial charge on any atom is -0.507 e. The predicted molar refractivity (Wildman–Crippen MR) is 140 cm³/mol. The van der Waals surface area contributed by atoms with Gasteiger partial charge in [0.1, 0.15) is 23.1 Å². The van der Waals surface area contributed by atoms with Crippen molar-refractivity contribution < 1.29 is 28.6 Å². The summed E-state index contributed by atoms with van der Waals surface area (Å²) in [6.07, 6.45) is 0. The van der Waals surface area contributed by atoms with E-state index in [0.717, 1.165) is 16.9 Å². The fourth-order valence-electron chi connectivity index (χ4n) is 4.53. The summed E-state index contributed by atoms with van der Waals surface area (Å²) in [4.78, 5) is 32.7. The minimum atomic E-state index is -0.960. The van der Waals surface area contributed by atoms with Crippen LogP contribution in [0.2, 0.25) is 0 Å². The molecule has 2 heterocycles. The fourth-order valence-corrected chi connectivity index (χ4v) is 5.55. The van der Waals surface area contributed by atoms with Gasteiger partial charge in [-0.25, -0.2) is 9.37 Å². The average molecular weight is 519 g/mol. The topological polar surface area (TPSA) is 89.0 Å². The summed E-state index contributed by atoms with van der Waals surface area (Å²) >= 11 is 1.10. The Morgan fingerprint density at radius 2 is 1.73 bits per heavy atom. The van der Waals surface area contributed by atoms with Crippen LogP contribution in [-0.4, -0.2) is 36.0 Å². The second kappa shape index (κ2) is 9.33. The highest BCUT2D eigenvalue weighted by molar-refractivity contribution is 7.22. The van der Waals surface area contributed by atoms with Gasteiger partial charge in [-0.15, -0.1) is 0 Å². The number of aliphatic hydroxyl groups is 1. The number of ether oxygens (including phenoxy) is 2. The first-order valence-electron chi connectivity index (χ1n) is 11.4. The molecule has 1 amide bonds. The zero-order valence-electron chi connectivity index (χ0n) is 20.5. The number of nitrogens with zero attached hydrogens (tertiary/aromatic N) is 2. The number of methoxy groups -OCH3 is 2. The number of hydrogen-bond donors (Lipinski definition) is 1. The van der Waals surface area contributed by atoms with Crippen molar-refractivity contribution in [2.24, 2.45) is 0 Å². The van der Waals surface area contributed by atoms with Crippen LogP contribution in [0.25, 0.3) is 16.0 Å². The molecule has 0 radical (unpaired) electrons. The quantitative estimate of drug-likeness (QED) is 0.207. The van der Waals surface area contributed by atoms with Gasteiger partial charge in [-0.1, -0.05) is 23.5 Å². The Morgan fingerprint density at radius 1 is 1.00 bits per heavy atom. The molecule has 1 saturated heterocycles. The molecule has 1 atom stereocenters. The van der Waals surface area contributed by atoms with Gasteiger partial charge in [0.25, 0.3) is 5.78 Å². The number of amides is 1. The lowest BCUT2D eigenvalue weighted by Crippen LogP contribution is -2.29. The van der Waals surface area contributed by atoms with Crippen LogP contribution in [0.1, 0.15) is 28.3 Å². The molecule has 0 aliphatic carbocycles. The van der Waals surface area contributed by atoms with Crippen molar-refractivity contribution in [1.82, 2.24) is 4.98 Å². The summed E-state index contributed by atoms with van der Waals surface area (Å²) in [5.74, 6) is -1.15. The van der Waals surface area contributed by atoms with Crippen LogP contribution in [0.5, 0.6) is 11.5 Å². The second-order valence-electron chi connectivity index (χ2n) is 8.69. The number of fused-ring (bicyclic) bond motifs is 1. The van der Waals surface area contributed by atoms with Crippen molar-refractivity contribution in [2.45, 2.75) is 19.9 Å². The third-order valence-corrected chi connectivity index (χ3v) is 7.44. The number of rotatable bonds is 5. The molecule has 9 heteroatoms. The molecule has 5 rings (SSSR count). The Balaban J connectivity index is 1.74. The number of benzene rings is 3. The maximum atomic E-state index is 13.8. The normalized spacial score (nSPS) is 17.0. The first-order chi connectivity index (χ1) is 17.7. The van der Waals surface area contributed by atoms with Gasteiger partial charge >= 0.3 is 5.91 Å². The van der Waals surface area contributed by atoms with Crippen LogP contribution in [0.3, 0.4) is 0 Å². The van der Waals surface area contributed by atoms with E-state index in [4.69, 9.17) is 9.47 Å². The van der Waals surface area contributed by atoms with Crippen molar-refractivity contribution >= 4 is 44.1 Å². The molecular formula is C28H23FN2O5S. The zero-order valence-corrected chi connectivity index (χ0v) is 21.4. The number of hydrogen-bond acceptors (Lipinski definition) is 7. The van der Waals surface area contributed by atoms with E-state index in [1.54, 1.807) is 50.4 Å². The molecule has 1 aromatic heterocycles. The van der Waals surface area contributed by atoms with E-state index >= 15 is 0 Å². The van der Waals surface area contributed by atoms with Crippen molar-refractivity contribution in [2.75, 3.05) is 19.1 Å². The molecule has 7 nitrogen and oxygen atoms in total. The molecule has 0 spiro atoms. The first-order valence-corrected chi connectivity index (χ1v) is 12.2. The van der Waals surface area contributed by atoms with Crippen LogP contribution >= 0.6 is 11.3 Å². The van der Waals surface area contributed by atoms with Crippen molar-refractivity contribution in [3.63, 3.8) is 0 Å². The molecule has 1 N–H and O–H groups in total. The van der Waals surface area contributed by atoms with Crippen molar-refractivity contribution in [3.8, 4) is 11.5 Å². The molecule has 188 valence electrons. The first kappa shape index (κ1) is 24.5. The molecule has 0 saturated carbocycles. The number of anilines is 1. The molecule has 1 unspecified atom stereocenters. The van der Waals surface area contributed by atoms with E-state index in [1.807, 2.05) is 6.92 Å². The van der Waals surface area contributed by atoms with Gasteiger partial charge in [-0.05, 0) is 73.0 Å². The highest BCUT2D eigenvalue weighted by Gasteiger charge is 2.48. The molecule has 37 heavy (non-hydrogen) atoms. The summed E-state index contributed by atoms with van der Waals surface area (Å²) in [7, 11) is 3.09. The molecule has 3 aromatic carbocycles. The van der Waals surface area contributed by atoms with E-state index in [1.165, 1.54) is 30.2 Å². The van der Waals surface area contributed by atoms with E-state index in [2.05, 4.69) is 4.98 Å². The summed E-state index contributed by atoms with van der Waals surface area (Å²) < 4.78 is 25.0. The van der Waals surface area contributed by atoms with E-state index in [-0.39, 0.29) is 16.5 Å². The highest BCUT2D eigenvalue weighted by Crippen LogP contribution is 2.45. The number of carbonyl (C=O) groups excluding carboxylic acids is 2. The second-order valence-corrected chi connectivity index (χ2v) is 9.70. The summed E-state index contributed by atoms with van der Waals surface area (Å²) in [6, 6.07) is 13.6.